The predicted molar refractivity (Wildman–Crippen MR) is 75.3 cm³/mol. The number of thioether (sulfide) groups is 1. The summed E-state index contributed by atoms with van der Waals surface area (Å²) in [6.07, 6.45) is 0. The van der Waals surface area contributed by atoms with Gasteiger partial charge in [-0.2, -0.15) is 5.26 Å². The summed E-state index contributed by atoms with van der Waals surface area (Å²) >= 11 is 1.24. The Labute approximate surface area is 120 Å². The first-order valence-electron chi connectivity index (χ1n) is 5.82. The molecule has 2 N–H and O–H groups in total. The van der Waals surface area contributed by atoms with E-state index >= 15 is 0 Å². The highest BCUT2D eigenvalue weighted by molar-refractivity contribution is 8.00. The lowest BCUT2D eigenvalue weighted by Gasteiger charge is -2.13. The Morgan fingerprint density at radius 1 is 1.25 bits per heavy atom. The molecule has 0 saturated heterocycles. The molecule has 3 nitrogen and oxygen atoms in total. The third-order valence-electron chi connectivity index (χ3n) is 2.65. The smallest absolute Gasteiger partial charge is 0.235 e. The van der Waals surface area contributed by atoms with Gasteiger partial charge in [0.15, 0.2) is 0 Å². The van der Waals surface area contributed by atoms with Crippen LogP contribution in [0.1, 0.15) is 16.4 Å². The summed E-state index contributed by atoms with van der Waals surface area (Å²) in [5.74, 6) is -0.877. The molecule has 2 aromatic rings. The molecule has 0 fully saturated rings. The highest BCUT2D eigenvalue weighted by atomic mass is 32.2. The standard InChI is InChI=1S/C15H11FN2OS/c16-12-6-4-11(5-7-12)14(15(18)19)20-13-3-1-2-10(8-13)9-17/h1-8,14H,(H2,18,19)/t14-/m1/s1. The minimum Gasteiger partial charge on any atom is -0.368 e. The molecule has 5 heteroatoms. The molecule has 0 heterocycles. The molecule has 0 radical (unpaired) electrons. The third-order valence-corrected chi connectivity index (χ3v) is 3.91. The Balaban J connectivity index is 2.28. The SMILES string of the molecule is N#Cc1cccc(S[C@@H](C(N)=O)c2ccc(F)cc2)c1. The van der Waals surface area contributed by atoms with E-state index in [0.717, 1.165) is 4.90 Å². The van der Waals surface area contributed by atoms with E-state index in [0.29, 0.717) is 11.1 Å². The average Bonchev–Trinajstić information content (AvgIpc) is 2.46. The van der Waals surface area contributed by atoms with E-state index in [4.69, 9.17) is 11.0 Å². The van der Waals surface area contributed by atoms with E-state index in [9.17, 15) is 9.18 Å². The molecule has 0 spiro atoms. The van der Waals surface area contributed by atoms with Gasteiger partial charge >= 0.3 is 0 Å². The van der Waals surface area contributed by atoms with Crippen molar-refractivity contribution in [2.45, 2.75) is 10.1 Å². The normalized spacial score (nSPS) is 11.6. The van der Waals surface area contributed by atoms with Crippen molar-refractivity contribution in [1.29, 1.82) is 5.26 Å². The zero-order valence-electron chi connectivity index (χ0n) is 10.4. The summed E-state index contributed by atoms with van der Waals surface area (Å²) in [7, 11) is 0. The number of benzene rings is 2. The Hall–Kier alpha value is -2.32. The average molecular weight is 286 g/mol. The van der Waals surface area contributed by atoms with Gasteiger partial charge in [0.1, 0.15) is 11.1 Å². The van der Waals surface area contributed by atoms with E-state index in [-0.39, 0.29) is 5.82 Å². The second-order valence-electron chi connectivity index (χ2n) is 4.09. The molecule has 0 unspecified atom stereocenters. The third kappa shape index (κ3) is 3.37. The van der Waals surface area contributed by atoms with E-state index in [1.807, 2.05) is 6.07 Å². The molecule has 20 heavy (non-hydrogen) atoms. The number of carbonyl (C=O) groups excluding carboxylic acids is 1. The van der Waals surface area contributed by atoms with Crippen LogP contribution in [-0.4, -0.2) is 5.91 Å². The Kier molecular flexibility index (Phi) is 4.38. The van der Waals surface area contributed by atoms with Crippen LogP contribution in [0.5, 0.6) is 0 Å². The summed E-state index contributed by atoms with van der Waals surface area (Å²) in [4.78, 5) is 12.3. The highest BCUT2D eigenvalue weighted by Gasteiger charge is 2.19. The zero-order valence-corrected chi connectivity index (χ0v) is 11.2. The maximum Gasteiger partial charge on any atom is 0.235 e. The largest absolute Gasteiger partial charge is 0.368 e. The van der Waals surface area contributed by atoms with E-state index in [1.54, 1.807) is 24.3 Å². The van der Waals surface area contributed by atoms with E-state index in [1.165, 1.54) is 36.0 Å². The lowest BCUT2D eigenvalue weighted by Crippen LogP contribution is -2.18. The number of carbonyl (C=O) groups is 1. The molecule has 0 aromatic heterocycles. The number of primary amides is 1. The van der Waals surface area contributed by atoms with Gasteiger partial charge in [-0.1, -0.05) is 18.2 Å². The van der Waals surface area contributed by atoms with Crippen LogP contribution in [0.2, 0.25) is 0 Å². The summed E-state index contributed by atoms with van der Waals surface area (Å²) in [6.45, 7) is 0. The molecule has 0 aliphatic rings. The number of amides is 1. The van der Waals surface area contributed by atoms with Gasteiger partial charge < -0.3 is 5.73 Å². The molecule has 2 aromatic carbocycles. The van der Waals surface area contributed by atoms with Crippen molar-refractivity contribution in [1.82, 2.24) is 0 Å². The second-order valence-corrected chi connectivity index (χ2v) is 5.27. The first kappa shape index (κ1) is 14.1. The molecular weight excluding hydrogens is 275 g/mol. The molecule has 2 rings (SSSR count). The van der Waals surface area contributed by atoms with Gasteiger partial charge in [0, 0.05) is 4.90 Å². The Morgan fingerprint density at radius 3 is 2.55 bits per heavy atom. The van der Waals surface area contributed by atoms with Crippen LogP contribution in [0.25, 0.3) is 0 Å². The van der Waals surface area contributed by atoms with Gasteiger partial charge in [0.2, 0.25) is 5.91 Å². The number of nitrogens with two attached hydrogens (primary N) is 1. The van der Waals surface area contributed by atoms with Gasteiger partial charge in [-0.25, -0.2) is 4.39 Å². The molecule has 0 aliphatic heterocycles. The van der Waals surface area contributed by atoms with Crippen molar-refractivity contribution >= 4 is 17.7 Å². The van der Waals surface area contributed by atoms with Crippen molar-refractivity contribution in [3.63, 3.8) is 0 Å². The fourth-order valence-corrected chi connectivity index (χ4v) is 2.74. The molecule has 100 valence electrons. The van der Waals surface area contributed by atoms with E-state index < -0.39 is 11.2 Å². The van der Waals surface area contributed by atoms with Crippen molar-refractivity contribution in [2.75, 3.05) is 0 Å². The van der Waals surface area contributed by atoms with Crippen molar-refractivity contribution in [3.8, 4) is 6.07 Å². The second kappa shape index (κ2) is 6.22. The lowest BCUT2D eigenvalue weighted by molar-refractivity contribution is -0.117. The van der Waals surface area contributed by atoms with Crippen LogP contribution < -0.4 is 5.73 Å². The summed E-state index contributed by atoms with van der Waals surface area (Å²) in [5, 5.41) is 8.24. The predicted octanol–water partition coefficient (Wildman–Crippen LogP) is 3.02. The molecule has 1 amide bonds. The van der Waals surface area contributed by atoms with Crippen LogP contribution in [-0.2, 0) is 4.79 Å². The van der Waals surface area contributed by atoms with Crippen LogP contribution >= 0.6 is 11.8 Å². The lowest BCUT2D eigenvalue weighted by atomic mass is 10.1. The number of halogens is 1. The monoisotopic (exact) mass is 286 g/mol. The molecule has 1 atom stereocenters. The van der Waals surface area contributed by atoms with E-state index in [2.05, 4.69) is 0 Å². The number of rotatable bonds is 4. The molecule has 0 bridgehead atoms. The van der Waals surface area contributed by atoms with Crippen molar-refractivity contribution in [3.05, 3.63) is 65.5 Å². The summed E-state index contributed by atoms with van der Waals surface area (Å²) in [5.41, 5.74) is 6.55. The van der Waals surface area contributed by atoms with Crippen LogP contribution in [0.15, 0.2) is 53.4 Å². The highest BCUT2D eigenvalue weighted by Crippen LogP contribution is 2.35. The van der Waals surface area contributed by atoms with Gasteiger partial charge in [-0.05, 0) is 35.9 Å². The number of hydrogen-bond donors (Lipinski definition) is 1. The Bertz CT molecular complexity index is 664. The van der Waals surface area contributed by atoms with Crippen molar-refractivity contribution in [2.24, 2.45) is 5.73 Å². The fraction of sp³-hybridized carbons (Fsp3) is 0.0667. The summed E-state index contributed by atoms with van der Waals surface area (Å²) < 4.78 is 12.9. The number of hydrogen-bond acceptors (Lipinski definition) is 3. The van der Waals surface area contributed by atoms with Gasteiger partial charge in [0.25, 0.3) is 0 Å². The number of nitriles is 1. The molecular formula is C15H11FN2OS. The van der Waals surface area contributed by atoms with Gasteiger partial charge in [0.05, 0.1) is 11.6 Å². The van der Waals surface area contributed by atoms with Gasteiger partial charge in [-0.15, -0.1) is 11.8 Å². The van der Waals surface area contributed by atoms with Gasteiger partial charge in [-0.3, -0.25) is 4.79 Å². The number of nitrogens with zero attached hydrogens (tertiary/aromatic N) is 1. The summed E-state index contributed by atoms with van der Waals surface area (Å²) in [6, 6.07) is 14.6. The first-order valence-corrected chi connectivity index (χ1v) is 6.69. The Morgan fingerprint density at radius 2 is 1.95 bits per heavy atom. The van der Waals surface area contributed by atoms with Crippen LogP contribution in [0.3, 0.4) is 0 Å². The topological polar surface area (TPSA) is 66.9 Å². The molecule has 0 aliphatic carbocycles. The van der Waals surface area contributed by atoms with Crippen LogP contribution in [0.4, 0.5) is 4.39 Å². The van der Waals surface area contributed by atoms with Crippen LogP contribution in [0, 0.1) is 17.1 Å². The fourth-order valence-electron chi connectivity index (χ4n) is 1.70. The minimum atomic E-state index is -0.621. The zero-order chi connectivity index (χ0) is 14.5. The first-order chi connectivity index (χ1) is 9.60. The van der Waals surface area contributed by atoms with Crippen molar-refractivity contribution < 1.29 is 9.18 Å². The maximum atomic E-state index is 12.9. The molecule has 0 saturated carbocycles. The quantitative estimate of drug-likeness (QED) is 0.878. The maximum absolute atomic E-state index is 12.9. The minimum absolute atomic E-state index is 0.367.